The van der Waals surface area contributed by atoms with Crippen molar-refractivity contribution in [3.05, 3.63) is 88.4 Å². The van der Waals surface area contributed by atoms with Gasteiger partial charge in [0, 0.05) is 29.2 Å². The van der Waals surface area contributed by atoms with Crippen LogP contribution in [0, 0.1) is 19.8 Å². The third-order valence-electron chi connectivity index (χ3n) is 6.11. The molecule has 1 fully saturated rings. The molecule has 1 aliphatic heterocycles. The molecule has 3 aromatic carbocycles. The fourth-order valence-electron chi connectivity index (χ4n) is 3.90. The smallest absolute Gasteiger partial charge is 0.312 e. The minimum absolute atomic E-state index is 0.0293. The molecule has 1 amide bonds. The van der Waals surface area contributed by atoms with E-state index in [1.165, 1.54) is 12.5 Å². The summed E-state index contributed by atoms with van der Waals surface area (Å²) in [6.07, 6.45) is -0.934. The summed E-state index contributed by atoms with van der Waals surface area (Å²) >= 11 is 5.86. The number of benzene rings is 3. The molecular weight excluding hydrogens is 466 g/mol. The number of halogens is 1. The topological polar surface area (TPSA) is 72.9 Å². The van der Waals surface area contributed by atoms with Crippen molar-refractivity contribution < 1.29 is 23.9 Å². The van der Waals surface area contributed by atoms with Crippen LogP contribution in [0.4, 0.5) is 5.69 Å². The number of nitrogens with zero attached hydrogens (tertiary/aromatic N) is 1. The van der Waals surface area contributed by atoms with E-state index in [4.69, 9.17) is 21.1 Å². The van der Waals surface area contributed by atoms with Gasteiger partial charge in [0.2, 0.25) is 11.7 Å². The summed E-state index contributed by atoms with van der Waals surface area (Å²) in [5.41, 5.74) is 3.41. The molecule has 0 N–H and O–H groups in total. The molecule has 0 spiro atoms. The lowest BCUT2D eigenvalue weighted by atomic mass is 10.1. The Morgan fingerprint density at radius 1 is 0.943 bits per heavy atom. The van der Waals surface area contributed by atoms with Crippen LogP contribution in [0.15, 0.2) is 66.7 Å². The molecule has 0 saturated carbocycles. The monoisotopic (exact) mass is 491 g/mol. The van der Waals surface area contributed by atoms with E-state index in [1.54, 1.807) is 53.4 Å². The number of esters is 1. The number of carbonyl (C=O) groups excluding carboxylic acids is 3. The maximum atomic E-state index is 12.7. The minimum atomic E-state index is -0.963. The van der Waals surface area contributed by atoms with Gasteiger partial charge in [-0.15, -0.1) is 0 Å². The highest BCUT2D eigenvalue weighted by Gasteiger charge is 2.37. The van der Waals surface area contributed by atoms with Crippen LogP contribution in [0.2, 0.25) is 5.02 Å². The van der Waals surface area contributed by atoms with Crippen molar-refractivity contribution in [1.82, 2.24) is 0 Å². The molecule has 1 aliphatic rings. The van der Waals surface area contributed by atoms with E-state index >= 15 is 0 Å². The van der Waals surface area contributed by atoms with Crippen LogP contribution in [0.25, 0.3) is 0 Å². The SMILES string of the molecule is Cc1ccc(Oc2ccc(N3C[C@@H](C(=O)O[C@H](C)C(=O)c4ccc(Cl)cc4)CC3=O)cc2)cc1C. The van der Waals surface area contributed by atoms with E-state index < -0.39 is 18.0 Å². The first-order chi connectivity index (χ1) is 16.7. The first-order valence-corrected chi connectivity index (χ1v) is 11.7. The van der Waals surface area contributed by atoms with Gasteiger partial charge < -0.3 is 14.4 Å². The summed E-state index contributed by atoms with van der Waals surface area (Å²) in [4.78, 5) is 39.4. The van der Waals surface area contributed by atoms with Crippen LogP contribution in [-0.4, -0.2) is 30.3 Å². The molecule has 4 rings (SSSR count). The van der Waals surface area contributed by atoms with Gasteiger partial charge >= 0.3 is 5.97 Å². The van der Waals surface area contributed by atoms with E-state index in [2.05, 4.69) is 0 Å². The van der Waals surface area contributed by atoms with Crippen molar-refractivity contribution in [1.29, 1.82) is 0 Å². The zero-order valence-electron chi connectivity index (χ0n) is 19.8. The molecule has 180 valence electrons. The maximum absolute atomic E-state index is 12.7. The zero-order chi connectivity index (χ0) is 25.1. The number of anilines is 1. The molecule has 2 atom stereocenters. The Balaban J connectivity index is 1.36. The molecule has 0 aliphatic carbocycles. The summed E-state index contributed by atoms with van der Waals surface area (Å²) < 4.78 is 11.3. The highest BCUT2D eigenvalue weighted by Crippen LogP contribution is 2.30. The van der Waals surface area contributed by atoms with Crippen molar-refractivity contribution >= 4 is 34.9 Å². The lowest BCUT2D eigenvalue weighted by molar-refractivity contribution is -0.151. The van der Waals surface area contributed by atoms with Crippen LogP contribution in [-0.2, 0) is 14.3 Å². The Labute approximate surface area is 209 Å². The maximum Gasteiger partial charge on any atom is 0.312 e. The molecule has 0 aromatic heterocycles. The lowest BCUT2D eigenvalue weighted by Crippen LogP contribution is -2.30. The van der Waals surface area contributed by atoms with Gasteiger partial charge in [-0.2, -0.15) is 0 Å². The van der Waals surface area contributed by atoms with Crippen molar-refractivity contribution in [3.63, 3.8) is 0 Å². The first kappa shape index (κ1) is 24.5. The third-order valence-corrected chi connectivity index (χ3v) is 6.36. The number of ketones is 1. The number of aryl methyl sites for hydroxylation is 2. The normalized spacial score (nSPS) is 16.2. The van der Waals surface area contributed by atoms with E-state index in [-0.39, 0.29) is 24.7 Å². The average molecular weight is 492 g/mol. The summed E-state index contributed by atoms with van der Waals surface area (Å²) in [5, 5.41) is 0.514. The summed E-state index contributed by atoms with van der Waals surface area (Å²) in [7, 11) is 0. The molecule has 3 aromatic rings. The molecule has 1 saturated heterocycles. The van der Waals surface area contributed by atoms with Crippen molar-refractivity contribution in [2.24, 2.45) is 5.92 Å². The fraction of sp³-hybridized carbons (Fsp3) is 0.250. The Hall–Kier alpha value is -3.64. The molecular formula is C28H26ClNO5. The summed E-state index contributed by atoms with van der Waals surface area (Å²) in [6, 6.07) is 19.4. The van der Waals surface area contributed by atoms with Gasteiger partial charge in [-0.25, -0.2) is 0 Å². The highest BCUT2D eigenvalue weighted by atomic mass is 35.5. The molecule has 0 radical (unpaired) electrons. The number of rotatable bonds is 7. The van der Waals surface area contributed by atoms with Gasteiger partial charge in [-0.05, 0) is 92.6 Å². The Morgan fingerprint density at radius 3 is 2.26 bits per heavy atom. The van der Waals surface area contributed by atoms with Gasteiger partial charge in [-0.3, -0.25) is 14.4 Å². The number of amides is 1. The van der Waals surface area contributed by atoms with Gasteiger partial charge in [0.05, 0.1) is 5.92 Å². The van der Waals surface area contributed by atoms with E-state index in [9.17, 15) is 14.4 Å². The number of hydrogen-bond donors (Lipinski definition) is 0. The molecule has 1 heterocycles. The van der Waals surface area contributed by atoms with E-state index in [1.807, 2.05) is 32.0 Å². The molecule has 6 nitrogen and oxygen atoms in total. The second kappa shape index (κ2) is 10.3. The Kier molecular flexibility index (Phi) is 7.22. The average Bonchev–Trinajstić information content (AvgIpc) is 3.23. The van der Waals surface area contributed by atoms with Gasteiger partial charge in [0.1, 0.15) is 11.5 Å². The minimum Gasteiger partial charge on any atom is -0.457 e. The highest BCUT2D eigenvalue weighted by molar-refractivity contribution is 6.30. The second-order valence-electron chi connectivity index (χ2n) is 8.70. The first-order valence-electron chi connectivity index (χ1n) is 11.4. The van der Waals surface area contributed by atoms with Crippen LogP contribution in [0.1, 0.15) is 34.8 Å². The van der Waals surface area contributed by atoms with Crippen LogP contribution < -0.4 is 9.64 Å². The van der Waals surface area contributed by atoms with E-state index in [0.717, 1.165) is 11.3 Å². The third kappa shape index (κ3) is 5.72. The Bertz CT molecular complexity index is 1250. The van der Waals surface area contributed by atoms with Crippen molar-refractivity contribution in [2.75, 3.05) is 11.4 Å². The molecule has 7 heteroatoms. The van der Waals surface area contributed by atoms with Gasteiger partial charge in [0.25, 0.3) is 0 Å². The van der Waals surface area contributed by atoms with Crippen LogP contribution >= 0.6 is 11.6 Å². The molecule has 0 bridgehead atoms. The largest absolute Gasteiger partial charge is 0.457 e. The van der Waals surface area contributed by atoms with Crippen molar-refractivity contribution in [2.45, 2.75) is 33.3 Å². The number of carbonyl (C=O) groups is 3. The lowest BCUT2D eigenvalue weighted by Gasteiger charge is -2.18. The second-order valence-corrected chi connectivity index (χ2v) is 9.13. The number of ether oxygens (including phenoxy) is 2. The zero-order valence-corrected chi connectivity index (χ0v) is 20.5. The number of hydrogen-bond acceptors (Lipinski definition) is 5. The predicted octanol–water partition coefficient (Wildman–Crippen LogP) is 5.92. The van der Waals surface area contributed by atoms with Gasteiger partial charge in [-0.1, -0.05) is 17.7 Å². The summed E-state index contributed by atoms with van der Waals surface area (Å²) in [5.74, 6) is -0.320. The summed E-state index contributed by atoms with van der Waals surface area (Å²) in [6.45, 7) is 5.79. The predicted molar refractivity (Wildman–Crippen MR) is 134 cm³/mol. The van der Waals surface area contributed by atoms with Crippen LogP contribution in [0.3, 0.4) is 0 Å². The molecule has 0 unspecified atom stereocenters. The van der Waals surface area contributed by atoms with Crippen LogP contribution in [0.5, 0.6) is 11.5 Å². The van der Waals surface area contributed by atoms with E-state index in [0.29, 0.717) is 22.0 Å². The Morgan fingerprint density at radius 2 is 1.60 bits per heavy atom. The quantitative estimate of drug-likeness (QED) is 0.303. The standard InChI is InChI=1S/C28H26ClNO5/c1-17-4-11-25(14-18(17)2)35-24-12-9-23(10-13-24)30-16-21(15-26(30)31)28(33)34-19(3)27(32)20-5-7-22(29)8-6-20/h4-14,19,21H,15-16H2,1-3H3/t19-,21+/m1/s1. The molecule has 35 heavy (non-hydrogen) atoms. The fourth-order valence-corrected chi connectivity index (χ4v) is 4.02. The van der Waals surface area contributed by atoms with Gasteiger partial charge in [0.15, 0.2) is 6.10 Å². The van der Waals surface area contributed by atoms with Crippen molar-refractivity contribution in [3.8, 4) is 11.5 Å². The number of Topliss-reactive ketones (excluding diaryl/α,β-unsaturated/α-hetero) is 1.